The van der Waals surface area contributed by atoms with Gasteiger partial charge in [-0.15, -0.1) is 0 Å². The Labute approximate surface area is 156 Å². The highest BCUT2D eigenvalue weighted by Crippen LogP contribution is 2.30. The topological polar surface area (TPSA) is 81.4 Å². The molecule has 0 spiro atoms. The summed E-state index contributed by atoms with van der Waals surface area (Å²) < 4.78 is 44.2. The summed E-state index contributed by atoms with van der Waals surface area (Å²) in [6.07, 6.45) is -3.08. The molecular formula is C19H15F3N2O4. The van der Waals surface area contributed by atoms with E-state index in [1.807, 2.05) is 0 Å². The van der Waals surface area contributed by atoms with Crippen molar-refractivity contribution in [2.75, 3.05) is 6.61 Å². The van der Waals surface area contributed by atoms with Gasteiger partial charge in [0, 0.05) is 6.20 Å². The van der Waals surface area contributed by atoms with Crippen LogP contribution in [0.3, 0.4) is 0 Å². The number of pyridine rings is 2. The number of nitrogens with zero attached hydrogens (tertiary/aromatic N) is 2. The van der Waals surface area contributed by atoms with Gasteiger partial charge in [-0.3, -0.25) is 9.36 Å². The second-order valence-corrected chi connectivity index (χ2v) is 5.90. The summed E-state index contributed by atoms with van der Waals surface area (Å²) in [5.41, 5.74) is -1.72. The number of hydrogen-bond donors (Lipinski definition) is 1. The SMILES string of the molecule is CCOC(=O)c1c(O)c2cccnc2n(Cc2ccc(C(F)(F)F)cc2)c1=O. The Balaban J connectivity index is 2.15. The second kappa shape index (κ2) is 7.34. The van der Waals surface area contributed by atoms with Crippen LogP contribution in [-0.4, -0.2) is 27.2 Å². The standard InChI is InChI=1S/C19H15F3N2O4/c1-2-28-18(27)14-15(25)13-4-3-9-23-16(13)24(17(14)26)10-11-5-7-12(8-6-11)19(20,21)22/h3-9,25H,2,10H2,1H3. The number of alkyl halides is 3. The minimum Gasteiger partial charge on any atom is -0.506 e. The molecule has 6 nitrogen and oxygen atoms in total. The van der Waals surface area contributed by atoms with Crippen molar-refractivity contribution in [1.29, 1.82) is 0 Å². The maximum atomic E-state index is 12.8. The van der Waals surface area contributed by atoms with Gasteiger partial charge >= 0.3 is 12.1 Å². The first-order valence-electron chi connectivity index (χ1n) is 8.27. The molecule has 0 saturated carbocycles. The maximum Gasteiger partial charge on any atom is 0.416 e. The Morgan fingerprint density at radius 3 is 2.50 bits per heavy atom. The van der Waals surface area contributed by atoms with Gasteiger partial charge in [-0.25, -0.2) is 9.78 Å². The first-order chi connectivity index (χ1) is 13.2. The molecule has 0 unspecified atom stereocenters. The molecule has 2 aromatic heterocycles. The van der Waals surface area contributed by atoms with Gasteiger partial charge in [-0.2, -0.15) is 13.2 Å². The number of esters is 1. The molecule has 2 heterocycles. The molecule has 1 N–H and O–H groups in total. The summed E-state index contributed by atoms with van der Waals surface area (Å²) in [6.45, 7) is 1.41. The lowest BCUT2D eigenvalue weighted by Gasteiger charge is -2.14. The Morgan fingerprint density at radius 1 is 1.21 bits per heavy atom. The van der Waals surface area contributed by atoms with E-state index in [1.54, 1.807) is 6.92 Å². The van der Waals surface area contributed by atoms with Gasteiger partial charge in [-0.1, -0.05) is 12.1 Å². The molecule has 0 amide bonds. The van der Waals surface area contributed by atoms with Crippen molar-refractivity contribution in [3.63, 3.8) is 0 Å². The molecule has 9 heteroatoms. The van der Waals surface area contributed by atoms with Gasteiger partial charge in [0.05, 0.1) is 24.1 Å². The molecule has 1 aromatic carbocycles. The molecular weight excluding hydrogens is 377 g/mol. The first kappa shape index (κ1) is 19.4. The van der Waals surface area contributed by atoms with E-state index in [-0.39, 0.29) is 24.2 Å². The molecule has 0 atom stereocenters. The van der Waals surface area contributed by atoms with Crippen LogP contribution in [0, 0.1) is 0 Å². The van der Waals surface area contributed by atoms with Crippen LogP contribution in [0.5, 0.6) is 5.75 Å². The minimum absolute atomic E-state index is 0.00168. The number of halogens is 3. The fourth-order valence-corrected chi connectivity index (χ4v) is 2.78. The monoisotopic (exact) mass is 392 g/mol. The number of fused-ring (bicyclic) bond motifs is 1. The van der Waals surface area contributed by atoms with E-state index >= 15 is 0 Å². The zero-order valence-electron chi connectivity index (χ0n) is 14.7. The van der Waals surface area contributed by atoms with Crippen LogP contribution in [0.1, 0.15) is 28.4 Å². The van der Waals surface area contributed by atoms with Crippen LogP contribution in [0.15, 0.2) is 47.4 Å². The van der Waals surface area contributed by atoms with Crippen molar-refractivity contribution in [1.82, 2.24) is 9.55 Å². The highest BCUT2D eigenvalue weighted by Gasteiger charge is 2.30. The largest absolute Gasteiger partial charge is 0.506 e. The predicted octanol–water partition coefficient (Wildman–Crippen LogP) is 3.35. The third kappa shape index (κ3) is 3.55. The van der Waals surface area contributed by atoms with Crippen molar-refractivity contribution in [2.24, 2.45) is 0 Å². The van der Waals surface area contributed by atoms with Gasteiger partial charge in [0.2, 0.25) is 0 Å². The zero-order chi connectivity index (χ0) is 20.5. The fourth-order valence-electron chi connectivity index (χ4n) is 2.78. The number of aromatic nitrogens is 2. The van der Waals surface area contributed by atoms with E-state index in [1.165, 1.54) is 30.5 Å². The van der Waals surface area contributed by atoms with E-state index in [9.17, 15) is 27.9 Å². The van der Waals surface area contributed by atoms with E-state index < -0.39 is 34.6 Å². The quantitative estimate of drug-likeness (QED) is 0.689. The summed E-state index contributed by atoms with van der Waals surface area (Å²) in [5.74, 6) is -1.54. The van der Waals surface area contributed by atoms with E-state index in [2.05, 4.69) is 4.98 Å². The van der Waals surface area contributed by atoms with Crippen molar-refractivity contribution in [3.8, 4) is 5.75 Å². The minimum atomic E-state index is -4.47. The smallest absolute Gasteiger partial charge is 0.416 e. The Morgan fingerprint density at radius 2 is 1.89 bits per heavy atom. The molecule has 0 fully saturated rings. The van der Waals surface area contributed by atoms with E-state index in [0.717, 1.165) is 16.7 Å². The average Bonchev–Trinajstić information content (AvgIpc) is 2.65. The number of rotatable bonds is 4. The molecule has 0 radical (unpaired) electrons. The Kier molecular flexibility index (Phi) is 5.08. The summed E-state index contributed by atoms with van der Waals surface area (Å²) >= 11 is 0. The molecule has 0 aliphatic rings. The predicted molar refractivity (Wildman–Crippen MR) is 94.2 cm³/mol. The van der Waals surface area contributed by atoms with Crippen LogP contribution in [0.4, 0.5) is 13.2 Å². The van der Waals surface area contributed by atoms with Gasteiger partial charge < -0.3 is 9.84 Å². The van der Waals surface area contributed by atoms with Gasteiger partial charge in [0.1, 0.15) is 11.4 Å². The highest BCUT2D eigenvalue weighted by molar-refractivity contribution is 5.98. The summed E-state index contributed by atoms with van der Waals surface area (Å²) in [7, 11) is 0. The zero-order valence-corrected chi connectivity index (χ0v) is 14.7. The molecule has 146 valence electrons. The van der Waals surface area contributed by atoms with Crippen LogP contribution >= 0.6 is 0 Å². The Bertz CT molecular complexity index is 1090. The van der Waals surface area contributed by atoms with Crippen molar-refractivity contribution in [3.05, 3.63) is 69.6 Å². The molecule has 3 rings (SSSR count). The van der Waals surface area contributed by atoms with Gasteiger partial charge in [0.25, 0.3) is 5.56 Å². The first-order valence-corrected chi connectivity index (χ1v) is 8.27. The average molecular weight is 392 g/mol. The second-order valence-electron chi connectivity index (χ2n) is 5.90. The molecule has 0 aliphatic carbocycles. The number of hydrogen-bond acceptors (Lipinski definition) is 5. The highest BCUT2D eigenvalue weighted by atomic mass is 19.4. The molecule has 0 aliphatic heterocycles. The number of carbonyl (C=O) groups is 1. The fraction of sp³-hybridized carbons (Fsp3) is 0.211. The van der Waals surface area contributed by atoms with Crippen LogP contribution in [0.25, 0.3) is 11.0 Å². The molecule has 3 aromatic rings. The van der Waals surface area contributed by atoms with Crippen molar-refractivity contribution >= 4 is 17.0 Å². The van der Waals surface area contributed by atoms with Crippen LogP contribution < -0.4 is 5.56 Å². The van der Waals surface area contributed by atoms with E-state index in [4.69, 9.17) is 4.74 Å². The Hall–Kier alpha value is -3.36. The molecule has 28 heavy (non-hydrogen) atoms. The van der Waals surface area contributed by atoms with Crippen LogP contribution in [0.2, 0.25) is 0 Å². The number of ether oxygens (including phenoxy) is 1. The number of carbonyl (C=O) groups excluding carboxylic acids is 1. The lowest BCUT2D eigenvalue weighted by Crippen LogP contribution is -2.29. The number of aromatic hydroxyl groups is 1. The van der Waals surface area contributed by atoms with Gasteiger partial charge in [0.15, 0.2) is 5.56 Å². The summed E-state index contributed by atoms with van der Waals surface area (Å²) in [6, 6.07) is 7.28. The summed E-state index contributed by atoms with van der Waals surface area (Å²) in [4.78, 5) is 29.1. The third-order valence-electron chi connectivity index (χ3n) is 4.09. The third-order valence-corrected chi connectivity index (χ3v) is 4.09. The lowest BCUT2D eigenvalue weighted by atomic mass is 10.1. The van der Waals surface area contributed by atoms with E-state index in [0.29, 0.717) is 5.56 Å². The normalized spacial score (nSPS) is 11.6. The van der Waals surface area contributed by atoms with Crippen LogP contribution in [-0.2, 0) is 17.5 Å². The lowest BCUT2D eigenvalue weighted by molar-refractivity contribution is -0.137. The number of benzene rings is 1. The summed E-state index contributed by atoms with van der Waals surface area (Å²) in [5, 5.41) is 10.5. The molecule has 0 bridgehead atoms. The van der Waals surface area contributed by atoms with Crippen molar-refractivity contribution in [2.45, 2.75) is 19.6 Å². The van der Waals surface area contributed by atoms with Crippen molar-refractivity contribution < 1.29 is 27.8 Å². The van der Waals surface area contributed by atoms with Gasteiger partial charge in [-0.05, 0) is 36.8 Å². The molecule has 0 saturated heterocycles. The maximum absolute atomic E-state index is 12.8.